The van der Waals surface area contributed by atoms with Gasteiger partial charge in [0.25, 0.3) is 5.91 Å². The number of benzene rings is 1. The molecule has 2 aliphatic rings. The second-order valence-corrected chi connectivity index (χ2v) is 12.4. The van der Waals surface area contributed by atoms with Gasteiger partial charge in [0.05, 0.1) is 6.04 Å². The van der Waals surface area contributed by atoms with Crippen LogP contribution in [0.2, 0.25) is 0 Å². The zero-order valence-corrected chi connectivity index (χ0v) is 22.2. The Hall–Kier alpha value is -2.67. The lowest BCUT2D eigenvalue weighted by atomic mass is 9.67. The summed E-state index contributed by atoms with van der Waals surface area (Å²) in [6, 6.07) is 11.4. The fourth-order valence-electron chi connectivity index (χ4n) is 5.33. The lowest BCUT2D eigenvalue weighted by Crippen LogP contribution is -2.51. The summed E-state index contributed by atoms with van der Waals surface area (Å²) in [5.41, 5.74) is 1.52. The maximum absolute atomic E-state index is 13.3. The van der Waals surface area contributed by atoms with Crippen molar-refractivity contribution in [1.29, 1.82) is 0 Å². The molecule has 0 radical (unpaired) electrons. The summed E-state index contributed by atoms with van der Waals surface area (Å²) >= 11 is 1.57. The predicted octanol–water partition coefficient (Wildman–Crippen LogP) is 5.60. The number of carbonyl (C=O) groups is 3. The van der Waals surface area contributed by atoms with Crippen LogP contribution >= 0.6 is 11.3 Å². The number of carbonyl (C=O) groups excluding carboxylic acids is 3. The van der Waals surface area contributed by atoms with Crippen LogP contribution in [0.3, 0.4) is 0 Å². The van der Waals surface area contributed by atoms with Gasteiger partial charge in [0.1, 0.15) is 12.1 Å². The summed E-state index contributed by atoms with van der Waals surface area (Å²) in [6.07, 6.45) is 3.03. The number of imide groups is 1. The lowest BCUT2D eigenvalue weighted by molar-refractivity contribution is -0.136. The Balaban J connectivity index is 1.45. The summed E-state index contributed by atoms with van der Waals surface area (Å²) in [5, 5.41) is 7.98. The SMILES string of the molecule is CC(C)c1ccc(C(NC(=O)CN2C(=O)NC3(CCC(C(C)(C)C)CC3)C2=O)c2cccs2)cc1. The first kappa shape index (κ1) is 25.4. The first-order valence-corrected chi connectivity index (χ1v) is 13.4. The van der Waals surface area contributed by atoms with Crippen molar-refractivity contribution < 1.29 is 14.4 Å². The van der Waals surface area contributed by atoms with Gasteiger partial charge in [-0.3, -0.25) is 14.5 Å². The molecule has 7 heteroatoms. The second kappa shape index (κ2) is 9.76. The molecule has 2 aromatic rings. The van der Waals surface area contributed by atoms with Gasteiger partial charge in [-0.05, 0) is 65.5 Å². The molecule has 2 fully saturated rings. The third-order valence-electron chi connectivity index (χ3n) is 7.68. The van der Waals surface area contributed by atoms with Crippen molar-refractivity contribution in [1.82, 2.24) is 15.5 Å². The first-order valence-electron chi connectivity index (χ1n) is 12.6. The molecule has 1 aliphatic heterocycles. The molecule has 1 aliphatic carbocycles. The van der Waals surface area contributed by atoms with E-state index in [1.807, 2.05) is 29.6 Å². The van der Waals surface area contributed by atoms with E-state index in [1.165, 1.54) is 5.56 Å². The molecule has 1 aromatic carbocycles. The molecule has 6 nitrogen and oxygen atoms in total. The Bertz CT molecular complexity index is 1060. The van der Waals surface area contributed by atoms with Gasteiger partial charge in [-0.2, -0.15) is 0 Å². The van der Waals surface area contributed by atoms with E-state index in [1.54, 1.807) is 11.3 Å². The third-order valence-corrected chi connectivity index (χ3v) is 8.62. The number of amides is 4. The van der Waals surface area contributed by atoms with Crippen LogP contribution < -0.4 is 10.6 Å². The summed E-state index contributed by atoms with van der Waals surface area (Å²) in [6.45, 7) is 10.7. The number of urea groups is 1. The van der Waals surface area contributed by atoms with Crippen LogP contribution in [0.25, 0.3) is 0 Å². The van der Waals surface area contributed by atoms with Gasteiger partial charge in [0.15, 0.2) is 0 Å². The fourth-order valence-corrected chi connectivity index (χ4v) is 6.14. The Morgan fingerprint density at radius 2 is 1.74 bits per heavy atom. The van der Waals surface area contributed by atoms with Crippen molar-refractivity contribution in [2.24, 2.45) is 11.3 Å². The average molecular weight is 496 g/mol. The molecule has 1 saturated carbocycles. The van der Waals surface area contributed by atoms with Crippen LogP contribution in [0.4, 0.5) is 4.79 Å². The minimum atomic E-state index is -0.862. The monoisotopic (exact) mass is 495 g/mol. The van der Waals surface area contributed by atoms with Gasteiger partial charge in [-0.1, -0.05) is 65.0 Å². The van der Waals surface area contributed by atoms with Crippen LogP contribution in [0.1, 0.15) is 88.3 Å². The smallest absolute Gasteiger partial charge is 0.325 e. The Labute approximate surface area is 212 Å². The molecular weight excluding hydrogens is 458 g/mol. The molecule has 1 spiro atoms. The van der Waals surface area contributed by atoms with Gasteiger partial charge in [-0.15, -0.1) is 11.3 Å². The largest absolute Gasteiger partial charge is 0.343 e. The van der Waals surface area contributed by atoms with Crippen LogP contribution in [0.5, 0.6) is 0 Å². The highest BCUT2D eigenvalue weighted by molar-refractivity contribution is 7.10. The minimum absolute atomic E-state index is 0.178. The van der Waals surface area contributed by atoms with Crippen LogP contribution in [-0.2, 0) is 9.59 Å². The average Bonchev–Trinajstić information content (AvgIpc) is 3.41. The molecule has 35 heavy (non-hydrogen) atoms. The fraction of sp³-hybridized carbons (Fsp3) is 0.536. The van der Waals surface area contributed by atoms with Crippen molar-refractivity contribution in [2.75, 3.05) is 6.54 Å². The van der Waals surface area contributed by atoms with E-state index in [0.717, 1.165) is 28.2 Å². The summed E-state index contributed by atoms with van der Waals surface area (Å²) in [4.78, 5) is 41.3. The Morgan fingerprint density at radius 3 is 2.29 bits per heavy atom. The first-order chi connectivity index (χ1) is 16.5. The molecule has 1 atom stereocenters. The van der Waals surface area contributed by atoms with Gasteiger partial charge >= 0.3 is 6.03 Å². The number of nitrogens with one attached hydrogen (secondary N) is 2. The van der Waals surface area contributed by atoms with Crippen LogP contribution in [0.15, 0.2) is 41.8 Å². The Kier molecular flexibility index (Phi) is 7.09. The highest BCUT2D eigenvalue weighted by Crippen LogP contribution is 2.43. The Morgan fingerprint density at radius 1 is 1.11 bits per heavy atom. The number of rotatable bonds is 6. The van der Waals surface area contributed by atoms with E-state index in [-0.39, 0.29) is 29.8 Å². The predicted molar refractivity (Wildman–Crippen MR) is 139 cm³/mol. The van der Waals surface area contributed by atoms with E-state index >= 15 is 0 Å². The molecule has 4 rings (SSSR count). The number of nitrogens with zero attached hydrogens (tertiary/aromatic N) is 1. The van der Waals surface area contributed by atoms with Crippen molar-refractivity contribution in [3.63, 3.8) is 0 Å². The molecule has 1 unspecified atom stereocenters. The van der Waals surface area contributed by atoms with Crippen molar-refractivity contribution in [3.05, 3.63) is 57.8 Å². The maximum atomic E-state index is 13.3. The third kappa shape index (κ3) is 5.30. The zero-order valence-electron chi connectivity index (χ0n) is 21.4. The summed E-state index contributed by atoms with van der Waals surface area (Å²) in [5.74, 6) is 0.326. The van der Waals surface area contributed by atoms with Crippen molar-refractivity contribution >= 4 is 29.2 Å². The van der Waals surface area contributed by atoms with Crippen molar-refractivity contribution in [3.8, 4) is 0 Å². The molecule has 2 heterocycles. The normalized spacial score (nSPS) is 23.6. The highest BCUT2D eigenvalue weighted by atomic mass is 32.1. The standard InChI is InChI=1S/C28H37N3O3S/c1-18(2)19-8-10-20(11-9-19)24(22-7-6-16-35-22)29-23(32)17-31-25(33)28(30-26(31)34)14-12-21(13-15-28)27(3,4)5/h6-11,16,18,21,24H,12-15,17H2,1-5H3,(H,29,32)(H,30,34). The number of hydrogen-bond acceptors (Lipinski definition) is 4. The van der Waals surface area contributed by atoms with E-state index in [9.17, 15) is 14.4 Å². The molecule has 1 aromatic heterocycles. The molecule has 1 saturated heterocycles. The number of thiophene rings is 1. The molecule has 0 bridgehead atoms. The second-order valence-electron chi connectivity index (χ2n) is 11.4. The lowest BCUT2D eigenvalue weighted by Gasteiger charge is -2.40. The minimum Gasteiger partial charge on any atom is -0.343 e. The van der Waals surface area contributed by atoms with Crippen molar-refractivity contribution in [2.45, 2.75) is 77.8 Å². The van der Waals surface area contributed by atoms with Crippen LogP contribution in [0, 0.1) is 11.3 Å². The van der Waals surface area contributed by atoms with E-state index in [2.05, 4.69) is 57.4 Å². The molecule has 188 valence electrons. The van der Waals surface area contributed by atoms with E-state index in [4.69, 9.17) is 0 Å². The van der Waals surface area contributed by atoms with Gasteiger partial charge < -0.3 is 10.6 Å². The molecular formula is C28H37N3O3S. The van der Waals surface area contributed by atoms with E-state index in [0.29, 0.717) is 24.7 Å². The maximum Gasteiger partial charge on any atom is 0.325 e. The zero-order chi connectivity index (χ0) is 25.4. The summed E-state index contributed by atoms with van der Waals surface area (Å²) in [7, 11) is 0. The quantitative estimate of drug-likeness (QED) is 0.512. The number of hydrogen-bond donors (Lipinski definition) is 2. The van der Waals surface area contributed by atoms with Gasteiger partial charge in [0, 0.05) is 4.88 Å². The van der Waals surface area contributed by atoms with Gasteiger partial charge in [0.2, 0.25) is 5.91 Å². The summed E-state index contributed by atoms with van der Waals surface area (Å²) < 4.78 is 0. The molecule has 4 amide bonds. The van der Waals surface area contributed by atoms with E-state index < -0.39 is 11.6 Å². The topological polar surface area (TPSA) is 78.5 Å². The molecule has 2 N–H and O–H groups in total. The van der Waals surface area contributed by atoms with Crippen LogP contribution in [-0.4, -0.2) is 34.8 Å². The highest BCUT2D eigenvalue weighted by Gasteiger charge is 2.53. The van der Waals surface area contributed by atoms with Gasteiger partial charge in [-0.25, -0.2) is 4.79 Å².